The quantitative estimate of drug-likeness (QED) is 0.499. The molecule has 1 aliphatic carbocycles. The highest BCUT2D eigenvalue weighted by Gasteiger charge is 2.22. The Bertz CT molecular complexity index is 1020. The van der Waals surface area contributed by atoms with Crippen molar-refractivity contribution in [1.29, 1.82) is 0 Å². The van der Waals surface area contributed by atoms with Gasteiger partial charge in [-0.15, -0.1) is 0 Å². The standard InChI is InChI=1S/C23H26N6O/c24-18-4-1-2-5-19(18)28-16-7-8-17(23(25)30)21(14-16)29-20-6-3-11-27-22(20)15-9-12-26-13-10-15/h3,6-14,18-19,28-29H,1-2,4-5,24H2,(H2,25,30)/t18-,19+/m1/s1. The second-order valence-corrected chi connectivity index (χ2v) is 7.58. The van der Waals surface area contributed by atoms with E-state index in [1.54, 1.807) is 24.7 Å². The van der Waals surface area contributed by atoms with Crippen LogP contribution < -0.4 is 22.1 Å². The van der Waals surface area contributed by atoms with Crippen molar-refractivity contribution in [3.05, 3.63) is 66.6 Å². The number of anilines is 3. The van der Waals surface area contributed by atoms with E-state index in [0.717, 1.165) is 35.5 Å². The van der Waals surface area contributed by atoms with Gasteiger partial charge in [-0.25, -0.2) is 0 Å². The zero-order valence-corrected chi connectivity index (χ0v) is 16.7. The highest BCUT2D eigenvalue weighted by atomic mass is 16.1. The first-order valence-corrected chi connectivity index (χ1v) is 10.2. The van der Waals surface area contributed by atoms with Crippen molar-refractivity contribution < 1.29 is 4.79 Å². The minimum Gasteiger partial charge on any atom is -0.381 e. The Kier molecular flexibility index (Phi) is 5.90. The number of aromatic nitrogens is 2. The van der Waals surface area contributed by atoms with Crippen LogP contribution >= 0.6 is 0 Å². The van der Waals surface area contributed by atoms with Crippen LogP contribution in [-0.4, -0.2) is 28.0 Å². The van der Waals surface area contributed by atoms with Crippen LogP contribution in [0.2, 0.25) is 0 Å². The molecule has 154 valence electrons. The third-order valence-corrected chi connectivity index (χ3v) is 5.49. The fourth-order valence-corrected chi connectivity index (χ4v) is 3.90. The first kappa shape index (κ1) is 19.8. The van der Waals surface area contributed by atoms with Crippen LogP contribution in [0.4, 0.5) is 17.1 Å². The molecule has 0 bridgehead atoms. The van der Waals surface area contributed by atoms with Crippen molar-refractivity contribution in [1.82, 2.24) is 9.97 Å². The molecule has 0 unspecified atom stereocenters. The smallest absolute Gasteiger partial charge is 0.250 e. The Hall–Kier alpha value is -3.45. The first-order chi connectivity index (χ1) is 14.6. The van der Waals surface area contributed by atoms with E-state index >= 15 is 0 Å². The topological polar surface area (TPSA) is 119 Å². The van der Waals surface area contributed by atoms with E-state index in [4.69, 9.17) is 11.5 Å². The molecule has 2 atom stereocenters. The zero-order chi connectivity index (χ0) is 20.9. The number of nitrogens with two attached hydrogens (primary N) is 2. The van der Waals surface area contributed by atoms with Crippen molar-refractivity contribution in [2.24, 2.45) is 11.5 Å². The molecule has 1 fully saturated rings. The van der Waals surface area contributed by atoms with Gasteiger partial charge in [-0.05, 0) is 55.3 Å². The Morgan fingerprint density at radius 3 is 2.57 bits per heavy atom. The van der Waals surface area contributed by atoms with Gasteiger partial charge < -0.3 is 22.1 Å². The molecule has 7 nitrogen and oxygen atoms in total. The van der Waals surface area contributed by atoms with Crippen LogP contribution in [0.5, 0.6) is 0 Å². The number of hydrogen-bond acceptors (Lipinski definition) is 6. The molecule has 2 aromatic heterocycles. The summed E-state index contributed by atoms with van der Waals surface area (Å²) in [5, 5.41) is 6.88. The summed E-state index contributed by atoms with van der Waals surface area (Å²) >= 11 is 0. The monoisotopic (exact) mass is 402 g/mol. The van der Waals surface area contributed by atoms with E-state index < -0.39 is 5.91 Å². The summed E-state index contributed by atoms with van der Waals surface area (Å²) in [5.74, 6) is -0.493. The lowest BCUT2D eigenvalue weighted by Gasteiger charge is -2.30. The highest BCUT2D eigenvalue weighted by molar-refractivity contribution is 6.00. The maximum Gasteiger partial charge on any atom is 0.250 e. The van der Waals surface area contributed by atoms with Gasteiger partial charge >= 0.3 is 0 Å². The number of pyridine rings is 2. The second-order valence-electron chi connectivity index (χ2n) is 7.58. The van der Waals surface area contributed by atoms with Gasteiger partial charge in [-0.1, -0.05) is 12.8 Å². The molecule has 3 aromatic rings. The fraction of sp³-hybridized carbons (Fsp3) is 0.261. The molecule has 1 saturated carbocycles. The number of primary amides is 1. The van der Waals surface area contributed by atoms with Crippen LogP contribution in [0.15, 0.2) is 61.1 Å². The number of benzene rings is 1. The Morgan fingerprint density at radius 2 is 1.80 bits per heavy atom. The van der Waals surface area contributed by atoms with Crippen LogP contribution in [0.25, 0.3) is 11.3 Å². The zero-order valence-electron chi connectivity index (χ0n) is 16.7. The molecular formula is C23H26N6O. The molecule has 0 radical (unpaired) electrons. The molecule has 1 amide bonds. The number of rotatable bonds is 6. The Balaban J connectivity index is 1.66. The average Bonchev–Trinajstić information content (AvgIpc) is 2.76. The molecule has 0 saturated heterocycles. The molecule has 1 aliphatic rings. The van der Waals surface area contributed by atoms with Gasteiger partial charge in [0.2, 0.25) is 0 Å². The largest absolute Gasteiger partial charge is 0.381 e. The van der Waals surface area contributed by atoms with E-state index in [1.165, 1.54) is 12.8 Å². The fourth-order valence-electron chi connectivity index (χ4n) is 3.90. The lowest BCUT2D eigenvalue weighted by atomic mass is 9.91. The van der Waals surface area contributed by atoms with Gasteiger partial charge in [0, 0.05) is 41.9 Å². The predicted octanol–water partition coefficient (Wildman–Crippen LogP) is 3.67. The van der Waals surface area contributed by atoms with Crippen LogP contribution in [0, 0.1) is 0 Å². The molecule has 6 N–H and O–H groups in total. The van der Waals surface area contributed by atoms with E-state index in [1.807, 2.05) is 36.4 Å². The molecular weight excluding hydrogens is 376 g/mol. The maximum atomic E-state index is 12.0. The summed E-state index contributed by atoms with van der Waals surface area (Å²) in [5.41, 5.74) is 16.3. The number of carbonyl (C=O) groups is 1. The average molecular weight is 403 g/mol. The van der Waals surface area contributed by atoms with Gasteiger partial charge in [0.1, 0.15) is 0 Å². The summed E-state index contributed by atoms with van der Waals surface area (Å²) in [6, 6.07) is 13.4. The van der Waals surface area contributed by atoms with E-state index in [-0.39, 0.29) is 12.1 Å². The summed E-state index contributed by atoms with van der Waals surface area (Å²) in [4.78, 5) is 20.6. The minimum atomic E-state index is -0.493. The Morgan fingerprint density at radius 1 is 1.00 bits per heavy atom. The normalized spacial score (nSPS) is 18.6. The van der Waals surface area contributed by atoms with Crippen LogP contribution in [0.3, 0.4) is 0 Å². The molecule has 2 heterocycles. The molecule has 4 rings (SSSR count). The second kappa shape index (κ2) is 8.92. The number of amides is 1. The SMILES string of the molecule is NC(=O)c1ccc(N[C@H]2CCCC[C@H]2N)cc1Nc1cccnc1-c1ccncc1. The number of nitrogens with zero attached hydrogens (tertiary/aromatic N) is 2. The van der Waals surface area contributed by atoms with Crippen LogP contribution in [-0.2, 0) is 0 Å². The molecule has 30 heavy (non-hydrogen) atoms. The van der Waals surface area contributed by atoms with Crippen molar-refractivity contribution in [3.63, 3.8) is 0 Å². The van der Waals surface area contributed by atoms with E-state index in [2.05, 4.69) is 20.6 Å². The number of hydrogen-bond donors (Lipinski definition) is 4. The third-order valence-electron chi connectivity index (χ3n) is 5.49. The van der Waals surface area contributed by atoms with Gasteiger partial charge in [0.25, 0.3) is 5.91 Å². The third kappa shape index (κ3) is 4.41. The van der Waals surface area contributed by atoms with E-state index in [9.17, 15) is 4.79 Å². The summed E-state index contributed by atoms with van der Waals surface area (Å²) in [6.45, 7) is 0. The van der Waals surface area contributed by atoms with Gasteiger partial charge in [0.15, 0.2) is 0 Å². The lowest BCUT2D eigenvalue weighted by molar-refractivity contribution is 0.100. The first-order valence-electron chi connectivity index (χ1n) is 10.2. The van der Waals surface area contributed by atoms with Crippen molar-refractivity contribution in [3.8, 4) is 11.3 Å². The van der Waals surface area contributed by atoms with Gasteiger partial charge in [-0.3, -0.25) is 14.8 Å². The molecule has 0 aliphatic heterocycles. The molecule has 0 spiro atoms. The summed E-state index contributed by atoms with van der Waals surface area (Å²) in [7, 11) is 0. The summed E-state index contributed by atoms with van der Waals surface area (Å²) < 4.78 is 0. The Labute approximate surface area is 175 Å². The van der Waals surface area contributed by atoms with Crippen molar-refractivity contribution >= 4 is 23.0 Å². The van der Waals surface area contributed by atoms with Crippen LogP contribution in [0.1, 0.15) is 36.0 Å². The summed E-state index contributed by atoms with van der Waals surface area (Å²) in [6.07, 6.45) is 9.58. The van der Waals surface area contributed by atoms with Crippen molar-refractivity contribution in [2.45, 2.75) is 37.8 Å². The highest BCUT2D eigenvalue weighted by Crippen LogP contribution is 2.31. The minimum absolute atomic E-state index is 0.127. The molecule has 7 heteroatoms. The lowest BCUT2D eigenvalue weighted by Crippen LogP contribution is -2.42. The van der Waals surface area contributed by atoms with Gasteiger partial charge in [-0.2, -0.15) is 0 Å². The number of nitrogens with one attached hydrogen (secondary N) is 2. The molecule has 1 aromatic carbocycles. The predicted molar refractivity (Wildman–Crippen MR) is 120 cm³/mol. The number of carbonyl (C=O) groups excluding carboxylic acids is 1. The maximum absolute atomic E-state index is 12.0. The van der Waals surface area contributed by atoms with Crippen molar-refractivity contribution in [2.75, 3.05) is 10.6 Å². The van der Waals surface area contributed by atoms with E-state index in [0.29, 0.717) is 11.3 Å². The van der Waals surface area contributed by atoms with Gasteiger partial charge in [0.05, 0.1) is 22.6 Å².